The Bertz CT molecular complexity index is 2690. The number of nitrogens with one attached hydrogen (secondary N) is 2. The summed E-state index contributed by atoms with van der Waals surface area (Å²) < 4.78 is 20.3. The van der Waals surface area contributed by atoms with Gasteiger partial charge in [0.15, 0.2) is 0 Å². The zero-order chi connectivity index (χ0) is 41.0. The average molecular weight is 880 g/mol. The van der Waals surface area contributed by atoms with E-state index >= 15 is 0 Å². The average Bonchev–Trinajstić information content (AvgIpc) is 3.99. The summed E-state index contributed by atoms with van der Waals surface area (Å²) in [6.07, 6.45) is 18.1. The van der Waals surface area contributed by atoms with Crippen LogP contribution < -0.4 is 10.6 Å². The van der Waals surface area contributed by atoms with Gasteiger partial charge in [-0.05, 0) is 0 Å². The number of nitrogens with zero attached hydrogens (tertiary/aromatic N) is 14. The number of amidine groups is 5. The first-order valence-electron chi connectivity index (χ1n) is 21.7. The summed E-state index contributed by atoms with van der Waals surface area (Å²) in [5, 5.41) is 7.27. The van der Waals surface area contributed by atoms with Crippen molar-refractivity contribution in [3.05, 3.63) is 71.4 Å². The molecule has 61 heavy (non-hydrogen) atoms. The number of fused-ring (bicyclic) bond motifs is 13. The van der Waals surface area contributed by atoms with E-state index in [-0.39, 0.29) is 11.8 Å². The Hall–Kier alpha value is -5.60. The first-order valence-corrected chi connectivity index (χ1v) is 25.2. The SMILES string of the molecule is CC1CCCC(C)C1C[O][Ge]1([O]CC2C(C)CCCC2C)[N]2C3=NC4=NC(=Nc5c6nccnc6c([n]51)N=C1N=C(NC2c2nccnc23)c2nccnc21)C1=C4N=CCN1. The van der Waals surface area contributed by atoms with Crippen molar-refractivity contribution in [3.8, 4) is 0 Å². The van der Waals surface area contributed by atoms with Crippen LogP contribution in [0.3, 0.4) is 0 Å². The standard InChI is InChI=1S/C42H46GeN16O2/c1-21-7-5-8-22(2)25(21)19-60-43(61-20-26-23(3)9-6-10-24(26)4)58-39-31-32(49-16-15-48-31)41(58)56-37-29-30(47-14-13-46-29)38(53-37)57-42-34-33(50-17-18-51-34)40(59(42)43)55-36-28-27(35(52-36)54-39)44-11-12-45-28/h11-13,15-18,21-26,39,47H,5-10,14,19-20H2,1-4H3,(H,52,54,55). The zero-order valence-electron chi connectivity index (χ0n) is 34.5. The summed E-state index contributed by atoms with van der Waals surface area (Å²) >= 11 is -5.20. The molecule has 0 radical (unpaired) electrons. The summed E-state index contributed by atoms with van der Waals surface area (Å²) in [5.74, 6) is 5.39. The third-order valence-electron chi connectivity index (χ3n) is 14.0. The molecule has 2 aliphatic carbocycles. The van der Waals surface area contributed by atoms with Gasteiger partial charge in [-0.3, -0.25) is 0 Å². The van der Waals surface area contributed by atoms with Crippen LogP contribution >= 0.6 is 0 Å². The minimum absolute atomic E-state index is 0.265. The van der Waals surface area contributed by atoms with Crippen LogP contribution in [0.1, 0.15) is 95.2 Å². The van der Waals surface area contributed by atoms with Crippen LogP contribution in [0.25, 0.3) is 11.0 Å². The molecule has 6 aliphatic heterocycles. The van der Waals surface area contributed by atoms with Crippen molar-refractivity contribution in [1.29, 1.82) is 0 Å². The molecule has 5 unspecified atom stereocenters. The molecule has 0 spiro atoms. The van der Waals surface area contributed by atoms with Gasteiger partial charge in [-0.15, -0.1) is 0 Å². The molecule has 4 aromatic rings. The van der Waals surface area contributed by atoms with Crippen molar-refractivity contribution in [2.24, 2.45) is 65.5 Å². The molecule has 310 valence electrons. The number of hydrogen-bond donors (Lipinski definition) is 2. The van der Waals surface area contributed by atoms with Gasteiger partial charge >= 0.3 is 357 Å². The monoisotopic (exact) mass is 880 g/mol. The van der Waals surface area contributed by atoms with Gasteiger partial charge in [0.1, 0.15) is 0 Å². The van der Waals surface area contributed by atoms with Gasteiger partial charge in [0.05, 0.1) is 0 Å². The van der Waals surface area contributed by atoms with Crippen molar-refractivity contribution in [2.75, 3.05) is 19.8 Å². The van der Waals surface area contributed by atoms with Crippen LogP contribution in [0, 0.1) is 35.5 Å². The summed E-state index contributed by atoms with van der Waals surface area (Å²) in [7, 11) is 0. The fourth-order valence-corrected chi connectivity index (χ4v) is 17.9. The van der Waals surface area contributed by atoms with Crippen molar-refractivity contribution in [3.63, 3.8) is 0 Å². The maximum absolute atomic E-state index is 7.98. The molecular weight excluding hydrogens is 833 g/mol. The quantitative estimate of drug-likeness (QED) is 0.247. The molecule has 2 fully saturated rings. The normalized spacial score (nSPS) is 30.6. The molecule has 10 heterocycles. The predicted molar refractivity (Wildman–Crippen MR) is 231 cm³/mol. The van der Waals surface area contributed by atoms with Crippen molar-refractivity contribution >= 4 is 72.4 Å². The van der Waals surface area contributed by atoms with Crippen LogP contribution in [0.15, 0.2) is 78.5 Å². The van der Waals surface area contributed by atoms with E-state index in [0.29, 0.717) is 129 Å². The first-order chi connectivity index (χ1) is 29.9. The molecule has 12 rings (SSSR count). The molecule has 5 atom stereocenters. The van der Waals surface area contributed by atoms with E-state index in [1.165, 1.54) is 12.8 Å². The summed E-state index contributed by atoms with van der Waals surface area (Å²) in [4.78, 5) is 61.0. The molecule has 6 bridgehead atoms. The Kier molecular flexibility index (Phi) is 8.68. The van der Waals surface area contributed by atoms with E-state index in [1.807, 2.05) is 6.21 Å². The number of hydrogen-bond acceptors (Lipinski definition) is 17. The van der Waals surface area contributed by atoms with Gasteiger partial charge < -0.3 is 0 Å². The van der Waals surface area contributed by atoms with Gasteiger partial charge in [-0.25, -0.2) is 0 Å². The van der Waals surface area contributed by atoms with Crippen LogP contribution in [0.2, 0.25) is 0 Å². The predicted octanol–water partition coefficient (Wildman–Crippen LogP) is 5.02. The second-order valence-corrected chi connectivity index (χ2v) is 23.0. The third kappa shape index (κ3) is 5.66. The third-order valence-corrected chi connectivity index (χ3v) is 20.7. The van der Waals surface area contributed by atoms with Gasteiger partial charge in [0, 0.05) is 0 Å². The Morgan fingerprint density at radius 3 is 1.90 bits per heavy atom. The Morgan fingerprint density at radius 1 is 0.639 bits per heavy atom. The van der Waals surface area contributed by atoms with Crippen LogP contribution in [-0.4, -0.2) is 107 Å². The van der Waals surface area contributed by atoms with Gasteiger partial charge in [-0.1, -0.05) is 0 Å². The second-order valence-electron chi connectivity index (χ2n) is 17.6. The van der Waals surface area contributed by atoms with E-state index in [4.69, 9.17) is 67.4 Å². The van der Waals surface area contributed by atoms with Crippen LogP contribution in [0.4, 0.5) is 11.6 Å². The Labute approximate surface area is 355 Å². The second kappa shape index (κ2) is 14.2. The molecular formula is C42H46GeN16O2. The Balaban J connectivity index is 1.22. The number of aromatic nitrogens is 7. The molecule has 0 amide bonds. The van der Waals surface area contributed by atoms with E-state index in [2.05, 4.69) is 45.7 Å². The van der Waals surface area contributed by atoms with E-state index < -0.39 is 20.6 Å². The number of rotatable bonds is 6. The van der Waals surface area contributed by atoms with Crippen molar-refractivity contribution in [1.82, 2.24) is 47.9 Å². The molecule has 8 aliphatic rings. The molecule has 19 heteroatoms. The number of aliphatic imine (C=N–C) groups is 6. The molecule has 0 aromatic carbocycles. The maximum atomic E-state index is 7.98. The van der Waals surface area contributed by atoms with Crippen molar-refractivity contribution < 1.29 is 7.53 Å². The Morgan fingerprint density at radius 2 is 1.23 bits per heavy atom. The molecule has 4 aromatic heterocycles. The summed E-state index contributed by atoms with van der Waals surface area (Å²) in [6, 6.07) is 0. The van der Waals surface area contributed by atoms with E-state index in [1.54, 1.807) is 37.2 Å². The molecule has 0 saturated heterocycles. The van der Waals surface area contributed by atoms with Crippen LogP contribution in [0.5, 0.6) is 0 Å². The van der Waals surface area contributed by atoms with Crippen molar-refractivity contribution in [2.45, 2.75) is 72.4 Å². The molecule has 2 N–H and O–H groups in total. The van der Waals surface area contributed by atoms with Crippen LogP contribution in [-0.2, 0) is 7.53 Å². The van der Waals surface area contributed by atoms with Gasteiger partial charge in [-0.2, -0.15) is 0 Å². The molecule has 18 nitrogen and oxygen atoms in total. The zero-order valence-corrected chi connectivity index (χ0v) is 36.6. The fraction of sp³-hybridized carbons (Fsp3) is 0.476. The molecule has 2 saturated carbocycles. The topological polar surface area (TPSA) is 202 Å². The van der Waals surface area contributed by atoms with Gasteiger partial charge in [0.2, 0.25) is 0 Å². The van der Waals surface area contributed by atoms with Gasteiger partial charge in [0.25, 0.3) is 0 Å². The fourth-order valence-electron chi connectivity index (χ4n) is 10.7. The van der Waals surface area contributed by atoms with E-state index in [0.717, 1.165) is 25.7 Å². The minimum atomic E-state index is -5.20. The first kappa shape index (κ1) is 37.2. The summed E-state index contributed by atoms with van der Waals surface area (Å²) in [6.45, 7) is 10.8. The van der Waals surface area contributed by atoms with E-state index in [9.17, 15) is 0 Å². The summed E-state index contributed by atoms with van der Waals surface area (Å²) in [5.41, 5.74) is 4.60.